The van der Waals surface area contributed by atoms with Crippen LogP contribution in [0.5, 0.6) is 5.75 Å². The van der Waals surface area contributed by atoms with Gasteiger partial charge in [0.2, 0.25) is 0 Å². The van der Waals surface area contributed by atoms with Crippen LogP contribution in [0.2, 0.25) is 0 Å². The van der Waals surface area contributed by atoms with E-state index in [1.807, 2.05) is 0 Å². The minimum atomic E-state index is 0.382. The van der Waals surface area contributed by atoms with Crippen LogP contribution in [0.25, 0.3) is 11.4 Å². The summed E-state index contributed by atoms with van der Waals surface area (Å²) in [6.07, 6.45) is 2.61. The SMILES string of the molecule is COc1cc(-c2nnc3n2CCNC3C2CC2)ccc1C. The van der Waals surface area contributed by atoms with Gasteiger partial charge in [0, 0.05) is 18.7 Å². The highest BCUT2D eigenvalue weighted by molar-refractivity contribution is 5.60. The summed E-state index contributed by atoms with van der Waals surface area (Å²) in [7, 11) is 1.71. The van der Waals surface area contributed by atoms with Crippen molar-refractivity contribution < 1.29 is 4.74 Å². The van der Waals surface area contributed by atoms with Crippen LogP contribution in [0.1, 0.15) is 30.3 Å². The molecule has 1 fully saturated rings. The number of nitrogens with zero attached hydrogens (tertiary/aromatic N) is 3. The molecule has 110 valence electrons. The maximum absolute atomic E-state index is 5.43. The summed E-state index contributed by atoms with van der Waals surface area (Å²) in [4.78, 5) is 0. The second-order valence-electron chi connectivity index (χ2n) is 5.99. The van der Waals surface area contributed by atoms with Crippen LogP contribution in [-0.4, -0.2) is 28.4 Å². The van der Waals surface area contributed by atoms with E-state index in [4.69, 9.17) is 4.74 Å². The lowest BCUT2D eigenvalue weighted by Crippen LogP contribution is -2.35. The van der Waals surface area contributed by atoms with Crippen molar-refractivity contribution in [2.45, 2.75) is 32.4 Å². The molecule has 2 aromatic rings. The Hall–Kier alpha value is -1.88. The fourth-order valence-corrected chi connectivity index (χ4v) is 3.17. The third-order valence-corrected chi connectivity index (χ3v) is 4.52. The number of ether oxygens (including phenoxy) is 1. The molecule has 4 rings (SSSR count). The zero-order chi connectivity index (χ0) is 14.4. The lowest BCUT2D eigenvalue weighted by Gasteiger charge is -2.25. The molecule has 21 heavy (non-hydrogen) atoms. The Morgan fingerprint density at radius 2 is 2.14 bits per heavy atom. The highest BCUT2D eigenvalue weighted by atomic mass is 16.5. The number of nitrogens with one attached hydrogen (secondary N) is 1. The lowest BCUT2D eigenvalue weighted by atomic mass is 10.1. The van der Waals surface area contributed by atoms with Gasteiger partial charge in [-0.2, -0.15) is 0 Å². The molecule has 1 aromatic carbocycles. The second kappa shape index (κ2) is 4.84. The number of aryl methyl sites for hydroxylation is 1. The van der Waals surface area contributed by atoms with E-state index >= 15 is 0 Å². The van der Waals surface area contributed by atoms with Crippen molar-refractivity contribution in [3.63, 3.8) is 0 Å². The van der Waals surface area contributed by atoms with E-state index in [1.165, 1.54) is 12.8 Å². The first kappa shape index (κ1) is 12.8. The number of hydrogen-bond donors (Lipinski definition) is 1. The third kappa shape index (κ3) is 2.12. The average molecular weight is 284 g/mol. The molecule has 1 aliphatic heterocycles. The minimum absolute atomic E-state index is 0.382. The number of fused-ring (bicyclic) bond motifs is 1. The van der Waals surface area contributed by atoms with E-state index in [2.05, 4.69) is 45.2 Å². The molecule has 2 heterocycles. The van der Waals surface area contributed by atoms with Gasteiger partial charge in [-0.25, -0.2) is 0 Å². The van der Waals surface area contributed by atoms with Gasteiger partial charge < -0.3 is 14.6 Å². The summed E-state index contributed by atoms with van der Waals surface area (Å²) in [6, 6.07) is 6.62. The second-order valence-corrected chi connectivity index (χ2v) is 5.99. The first-order valence-electron chi connectivity index (χ1n) is 7.59. The summed E-state index contributed by atoms with van der Waals surface area (Å²) < 4.78 is 7.69. The Morgan fingerprint density at radius 3 is 2.90 bits per heavy atom. The van der Waals surface area contributed by atoms with E-state index in [-0.39, 0.29) is 0 Å². The molecule has 1 N–H and O–H groups in total. The molecular weight excluding hydrogens is 264 g/mol. The fourth-order valence-electron chi connectivity index (χ4n) is 3.17. The number of methoxy groups -OCH3 is 1. The highest BCUT2D eigenvalue weighted by Gasteiger charge is 2.37. The van der Waals surface area contributed by atoms with Crippen LogP contribution in [0.15, 0.2) is 18.2 Å². The quantitative estimate of drug-likeness (QED) is 0.939. The van der Waals surface area contributed by atoms with Gasteiger partial charge in [-0.05, 0) is 37.3 Å². The zero-order valence-electron chi connectivity index (χ0n) is 12.5. The van der Waals surface area contributed by atoms with Crippen LogP contribution in [0.4, 0.5) is 0 Å². The Bertz CT molecular complexity index is 675. The lowest BCUT2D eigenvalue weighted by molar-refractivity contribution is 0.383. The van der Waals surface area contributed by atoms with Crippen molar-refractivity contribution in [1.29, 1.82) is 0 Å². The van der Waals surface area contributed by atoms with Gasteiger partial charge in [-0.3, -0.25) is 0 Å². The van der Waals surface area contributed by atoms with Gasteiger partial charge >= 0.3 is 0 Å². The molecular formula is C16H20N4O. The van der Waals surface area contributed by atoms with E-state index in [1.54, 1.807) is 7.11 Å². The van der Waals surface area contributed by atoms with E-state index < -0.39 is 0 Å². The standard InChI is InChI=1S/C16H20N4O/c1-10-3-4-12(9-13(10)21-2)15-18-19-16-14(11-5-6-11)17-7-8-20(15)16/h3-4,9,11,14,17H,5-8H2,1-2H3. The first-order valence-corrected chi connectivity index (χ1v) is 7.59. The van der Waals surface area contributed by atoms with Gasteiger partial charge in [0.15, 0.2) is 11.6 Å². The van der Waals surface area contributed by atoms with E-state index in [0.29, 0.717) is 6.04 Å². The zero-order valence-corrected chi connectivity index (χ0v) is 12.5. The number of hydrogen-bond acceptors (Lipinski definition) is 4. The molecule has 0 saturated heterocycles. The summed E-state index contributed by atoms with van der Waals surface area (Å²) in [6.45, 7) is 3.97. The van der Waals surface area contributed by atoms with E-state index in [0.717, 1.165) is 47.5 Å². The highest BCUT2D eigenvalue weighted by Crippen LogP contribution is 2.42. The Labute approximate surface area is 124 Å². The van der Waals surface area contributed by atoms with Crippen molar-refractivity contribution >= 4 is 0 Å². The molecule has 5 nitrogen and oxygen atoms in total. The van der Waals surface area contributed by atoms with Gasteiger partial charge in [-0.1, -0.05) is 12.1 Å². The number of benzene rings is 1. The first-order chi connectivity index (χ1) is 10.3. The molecule has 0 amide bonds. The summed E-state index contributed by atoms with van der Waals surface area (Å²) >= 11 is 0. The largest absolute Gasteiger partial charge is 0.496 e. The predicted octanol–water partition coefficient (Wildman–Crippen LogP) is 2.32. The molecule has 0 spiro atoms. The predicted molar refractivity (Wildman–Crippen MR) is 80.2 cm³/mol. The number of rotatable bonds is 3. The van der Waals surface area contributed by atoms with Crippen molar-refractivity contribution in [2.75, 3.05) is 13.7 Å². The molecule has 2 aliphatic rings. The Morgan fingerprint density at radius 1 is 1.29 bits per heavy atom. The monoisotopic (exact) mass is 284 g/mol. The van der Waals surface area contributed by atoms with Crippen molar-refractivity contribution in [1.82, 2.24) is 20.1 Å². The van der Waals surface area contributed by atoms with Gasteiger partial charge in [0.25, 0.3) is 0 Å². The topological polar surface area (TPSA) is 52.0 Å². The molecule has 1 unspecified atom stereocenters. The average Bonchev–Trinajstić information content (AvgIpc) is 3.26. The Balaban J connectivity index is 1.76. The molecule has 0 radical (unpaired) electrons. The fraction of sp³-hybridized carbons (Fsp3) is 0.500. The maximum Gasteiger partial charge on any atom is 0.164 e. The van der Waals surface area contributed by atoms with Crippen molar-refractivity contribution in [3.8, 4) is 17.1 Å². The third-order valence-electron chi connectivity index (χ3n) is 4.52. The molecule has 1 aliphatic carbocycles. The minimum Gasteiger partial charge on any atom is -0.496 e. The molecule has 1 aromatic heterocycles. The molecule has 1 saturated carbocycles. The normalized spacial score (nSPS) is 21.1. The summed E-state index contributed by atoms with van der Waals surface area (Å²) in [5.41, 5.74) is 2.21. The summed E-state index contributed by atoms with van der Waals surface area (Å²) in [5.74, 6) is 3.69. The molecule has 5 heteroatoms. The smallest absolute Gasteiger partial charge is 0.164 e. The summed E-state index contributed by atoms with van der Waals surface area (Å²) in [5, 5.41) is 12.5. The van der Waals surface area contributed by atoms with Crippen LogP contribution < -0.4 is 10.1 Å². The molecule has 0 bridgehead atoms. The molecule has 1 atom stereocenters. The van der Waals surface area contributed by atoms with Gasteiger partial charge in [-0.15, -0.1) is 10.2 Å². The van der Waals surface area contributed by atoms with Crippen molar-refractivity contribution in [2.24, 2.45) is 5.92 Å². The Kier molecular flexibility index (Phi) is 2.96. The van der Waals surface area contributed by atoms with Gasteiger partial charge in [0.05, 0.1) is 13.2 Å². The van der Waals surface area contributed by atoms with Crippen LogP contribution in [-0.2, 0) is 6.54 Å². The van der Waals surface area contributed by atoms with Crippen molar-refractivity contribution in [3.05, 3.63) is 29.6 Å². The van der Waals surface area contributed by atoms with Crippen LogP contribution in [0, 0.1) is 12.8 Å². The van der Waals surface area contributed by atoms with Crippen LogP contribution in [0.3, 0.4) is 0 Å². The van der Waals surface area contributed by atoms with E-state index in [9.17, 15) is 0 Å². The number of aromatic nitrogens is 3. The van der Waals surface area contributed by atoms with Gasteiger partial charge in [0.1, 0.15) is 5.75 Å². The maximum atomic E-state index is 5.43. The van der Waals surface area contributed by atoms with Crippen LogP contribution >= 0.6 is 0 Å².